The monoisotopic (exact) mass is 248 g/mol. The molecule has 1 aliphatic rings. The normalized spacial score (nSPS) is 20.6. The fourth-order valence-corrected chi connectivity index (χ4v) is 3.50. The molecule has 0 radical (unpaired) electrons. The van der Waals surface area contributed by atoms with Crippen molar-refractivity contribution in [2.45, 2.75) is 18.8 Å². The molecule has 1 saturated heterocycles. The molecule has 3 nitrogen and oxygen atoms in total. The van der Waals surface area contributed by atoms with Gasteiger partial charge in [0.05, 0.1) is 12.8 Å². The van der Waals surface area contributed by atoms with Gasteiger partial charge in [0.1, 0.15) is 5.65 Å². The topological polar surface area (TPSA) is 26.5 Å². The summed E-state index contributed by atoms with van der Waals surface area (Å²) in [4.78, 5) is 4.71. The van der Waals surface area contributed by atoms with Crippen molar-refractivity contribution in [3.63, 3.8) is 0 Å². The predicted octanol–water partition coefficient (Wildman–Crippen LogP) is 2.95. The van der Waals surface area contributed by atoms with Crippen LogP contribution in [-0.2, 0) is 0 Å². The number of hydrogen-bond donors (Lipinski definition) is 0. The van der Waals surface area contributed by atoms with E-state index in [0.717, 1.165) is 11.5 Å². The van der Waals surface area contributed by atoms with Gasteiger partial charge in [-0.1, -0.05) is 6.07 Å². The van der Waals surface area contributed by atoms with Crippen molar-refractivity contribution in [1.29, 1.82) is 0 Å². The minimum atomic E-state index is 0.610. The van der Waals surface area contributed by atoms with E-state index in [0.29, 0.717) is 5.92 Å². The Morgan fingerprint density at radius 3 is 3.18 bits per heavy atom. The number of nitrogens with zero attached hydrogens (tertiary/aromatic N) is 2. The van der Waals surface area contributed by atoms with Crippen LogP contribution >= 0.6 is 11.8 Å². The van der Waals surface area contributed by atoms with Crippen LogP contribution in [0.3, 0.4) is 0 Å². The van der Waals surface area contributed by atoms with Crippen molar-refractivity contribution in [1.82, 2.24) is 9.38 Å². The van der Waals surface area contributed by atoms with Gasteiger partial charge in [-0.05, 0) is 30.7 Å². The minimum absolute atomic E-state index is 0.610. The third-order valence-electron chi connectivity index (χ3n) is 3.26. The Balaban J connectivity index is 2.00. The summed E-state index contributed by atoms with van der Waals surface area (Å²) in [5.74, 6) is 3.96. The Kier molecular flexibility index (Phi) is 2.97. The highest BCUT2D eigenvalue weighted by Gasteiger charge is 2.19. The molecular formula is C13H16N2OS. The summed E-state index contributed by atoms with van der Waals surface area (Å²) >= 11 is 2.04. The van der Waals surface area contributed by atoms with Gasteiger partial charge in [-0.15, -0.1) is 0 Å². The van der Waals surface area contributed by atoms with Crippen LogP contribution in [0.2, 0.25) is 0 Å². The van der Waals surface area contributed by atoms with E-state index in [-0.39, 0.29) is 0 Å². The van der Waals surface area contributed by atoms with Crippen molar-refractivity contribution in [2.75, 3.05) is 18.6 Å². The molecule has 0 aromatic carbocycles. The minimum Gasteiger partial charge on any atom is -0.482 e. The van der Waals surface area contributed by atoms with E-state index in [1.54, 1.807) is 7.11 Å². The quantitative estimate of drug-likeness (QED) is 0.817. The summed E-state index contributed by atoms with van der Waals surface area (Å²) < 4.78 is 7.38. The molecule has 0 bridgehead atoms. The summed E-state index contributed by atoms with van der Waals surface area (Å²) in [6.45, 7) is 0. The predicted molar refractivity (Wildman–Crippen MR) is 71.0 cm³/mol. The van der Waals surface area contributed by atoms with Gasteiger partial charge in [0.25, 0.3) is 0 Å². The van der Waals surface area contributed by atoms with E-state index < -0.39 is 0 Å². The van der Waals surface area contributed by atoms with E-state index >= 15 is 0 Å². The van der Waals surface area contributed by atoms with Crippen molar-refractivity contribution in [3.8, 4) is 5.88 Å². The molecule has 3 rings (SSSR count). The van der Waals surface area contributed by atoms with E-state index in [2.05, 4.69) is 6.20 Å². The number of ether oxygens (including phenoxy) is 1. The maximum atomic E-state index is 5.35. The number of fused-ring (bicyclic) bond motifs is 1. The Bertz CT molecular complexity index is 517. The van der Waals surface area contributed by atoms with Crippen LogP contribution in [0.25, 0.3) is 5.65 Å². The summed E-state index contributed by atoms with van der Waals surface area (Å²) in [5, 5.41) is 0. The Hall–Kier alpha value is -1.16. The highest BCUT2D eigenvalue weighted by Crippen LogP contribution is 2.31. The first-order valence-corrected chi connectivity index (χ1v) is 7.13. The molecule has 17 heavy (non-hydrogen) atoms. The molecule has 0 spiro atoms. The summed E-state index contributed by atoms with van der Waals surface area (Å²) in [5.41, 5.74) is 2.19. The zero-order valence-corrected chi connectivity index (χ0v) is 10.7. The second kappa shape index (κ2) is 4.61. The van der Waals surface area contributed by atoms with Gasteiger partial charge >= 0.3 is 0 Å². The molecule has 0 aliphatic carbocycles. The molecule has 2 aromatic rings. The first-order chi connectivity index (χ1) is 8.38. The maximum Gasteiger partial charge on any atom is 0.198 e. The number of methoxy groups -OCH3 is 1. The highest BCUT2D eigenvalue weighted by atomic mass is 32.2. The third-order valence-corrected chi connectivity index (χ3v) is 4.48. The zero-order chi connectivity index (χ0) is 11.7. The Morgan fingerprint density at radius 2 is 2.41 bits per heavy atom. The van der Waals surface area contributed by atoms with Crippen LogP contribution in [0.1, 0.15) is 24.5 Å². The van der Waals surface area contributed by atoms with Crippen molar-refractivity contribution >= 4 is 17.4 Å². The number of rotatable bonds is 2. The molecule has 4 heteroatoms. The van der Waals surface area contributed by atoms with E-state index in [4.69, 9.17) is 9.72 Å². The molecule has 2 aromatic heterocycles. The lowest BCUT2D eigenvalue weighted by molar-refractivity contribution is 0.392. The average molecular weight is 248 g/mol. The third kappa shape index (κ3) is 2.02. The molecule has 90 valence electrons. The van der Waals surface area contributed by atoms with E-state index in [1.807, 2.05) is 34.4 Å². The smallest absolute Gasteiger partial charge is 0.198 e. The standard InChI is InChI=1S/C13H16N2OS/c1-16-13-6-2-5-12-14-11(8-15(12)13)10-4-3-7-17-9-10/h2,5-6,8,10H,3-4,7,9H2,1H3. The van der Waals surface area contributed by atoms with Crippen LogP contribution in [-0.4, -0.2) is 28.0 Å². The van der Waals surface area contributed by atoms with E-state index in [9.17, 15) is 0 Å². The van der Waals surface area contributed by atoms with Gasteiger partial charge in [0, 0.05) is 17.9 Å². The van der Waals surface area contributed by atoms with Gasteiger partial charge in [0.15, 0.2) is 5.88 Å². The van der Waals surface area contributed by atoms with Crippen LogP contribution in [0, 0.1) is 0 Å². The molecular weight excluding hydrogens is 232 g/mol. The number of pyridine rings is 1. The first-order valence-electron chi connectivity index (χ1n) is 5.98. The molecule has 1 unspecified atom stereocenters. The molecule has 1 atom stereocenters. The second-order valence-corrected chi connectivity index (χ2v) is 5.53. The lowest BCUT2D eigenvalue weighted by atomic mass is 10.0. The maximum absolute atomic E-state index is 5.35. The van der Waals surface area contributed by atoms with Crippen molar-refractivity contribution in [3.05, 3.63) is 30.1 Å². The molecule has 0 N–H and O–H groups in total. The van der Waals surface area contributed by atoms with Gasteiger partial charge in [-0.3, -0.25) is 4.40 Å². The van der Waals surface area contributed by atoms with Crippen LogP contribution in [0.5, 0.6) is 5.88 Å². The van der Waals surface area contributed by atoms with E-state index in [1.165, 1.54) is 30.0 Å². The highest BCUT2D eigenvalue weighted by molar-refractivity contribution is 7.99. The molecule has 0 saturated carbocycles. The molecule has 3 heterocycles. The van der Waals surface area contributed by atoms with Gasteiger partial charge in [-0.2, -0.15) is 11.8 Å². The van der Waals surface area contributed by atoms with Crippen LogP contribution < -0.4 is 4.74 Å². The van der Waals surface area contributed by atoms with Crippen LogP contribution in [0.4, 0.5) is 0 Å². The second-order valence-electron chi connectivity index (χ2n) is 4.38. The largest absolute Gasteiger partial charge is 0.482 e. The average Bonchev–Trinajstić information content (AvgIpc) is 2.83. The van der Waals surface area contributed by atoms with Gasteiger partial charge in [-0.25, -0.2) is 4.98 Å². The van der Waals surface area contributed by atoms with Crippen molar-refractivity contribution in [2.24, 2.45) is 0 Å². The first kappa shape index (κ1) is 11.0. The fourth-order valence-electron chi connectivity index (χ4n) is 2.34. The lowest BCUT2D eigenvalue weighted by Crippen LogP contribution is -2.08. The summed E-state index contributed by atoms with van der Waals surface area (Å²) in [6, 6.07) is 5.98. The number of imidazole rings is 1. The Morgan fingerprint density at radius 1 is 1.47 bits per heavy atom. The molecule has 1 fully saturated rings. The molecule has 0 amide bonds. The van der Waals surface area contributed by atoms with Gasteiger partial charge < -0.3 is 4.74 Å². The zero-order valence-electron chi connectivity index (χ0n) is 9.93. The number of thioether (sulfide) groups is 1. The summed E-state index contributed by atoms with van der Waals surface area (Å²) in [6.07, 6.45) is 4.70. The lowest BCUT2D eigenvalue weighted by Gasteiger charge is -2.18. The Labute approximate surface area is 105 Å². The fraction of sp³-hybridized carbons (Fsp3) is 0.462. The summed E-state index contributed by atoms with van der Waals surface area (Å²) in [7, 11) is 1.70. The number of hydrogen-bond acceptors (Lipinski definition) is 3. The number of aromatic nitrogens is 2. The SMILES string of the molecule is COc1cccc2nc(C3CCCSC3)cn12. The van der Waals surface area contributed by atoms with Crippen LogP contribution in [0.15, 0.2) is 24.4 Å². The molecule has 1 aliphatic heterocycles. The van der Waals surface area contributed by atoms with Gasteiger partial charge in [0.2, 0.25) is 0 Å². The van der Waals surface area contributed by atoms with Crippen molar-refractivity contribution < 1.29 is 4.74 Å².